The van der Waals surface area contributed by atoms with Gasteiger partial charge in [-0.15, -0.1) is 0 Å². The second-order valence-corrected chi connectivity index (χ2v) is 10.8. The standard InChI is InChI=1S/C29H30O14/c1-10-13(7-19(32)41-4)16(43-20-8-15(30)23(33)11(2)42-20)6-12-5-14-22(24(34)21(10)12)27(37)28(38)18(31)9-17(40-3)26(36)29(28,39)25(14)35/h5-6,9,11,15,20,23,26,30,33-34,36,38-39H,7-8H2,1-4H3/t11?,15?,20?,23?,26?,28-,29?/m1/s1. The van der Waals surface area contributed by atoms with Crippen LogP contribution >= 0.6 is 0 Å². The van der Waals surface area contributed by atoms with Gasteiger partial charge in [0.1, 0.15) is 23.4 Å². The van der Waals surface area contributed by atoms with Crippen LogP contribution < -0.4 is 4.74 Å². The number of esters is 1. The van der Waals surface area contributed by atoms with Crippen LogP contribution in [-0.4, -0.2) is 110 Å². The molecule has 3 aliphatic rings. The van der Waals surface area contributed by atoms with Crippen LogP contribution in [0.1, 0.15) is 45.2 Å². The molecule has 0 aromatic heterocycles. The fraction of sp³-hybridized carbons (Fsp3) is 0.448. The maximum atomic E-state index is 13.7. The predicted molar refractivity (Wildman–Crippen MR) is 142 cm³/mol. The summed E-state index contributed by atoms with van der Waals surface area (Å²) in [4.78, 5) is 52.7. The molecule has 1 fully saturated rings. The van der Waals surface area contributed by atoms with Gasteiger partial charge in [0.25, 0.3) is 0 Å². The first-order valence-electron chi connectivity index (χ1n) is 13.2. The van der Waals surface area contributed by atoms with Crippen molar-refractivity contribution in [3.05, 3.63) is 46.2 Å². The number of benzene rings is 2. The monoisotopic (exact) mass is 602 g/mol. The smallest absolute Gasteiger partial charge is 0.310 e. The summed E-state index contributed by atoms with van der Waals surface area (Å²) in [5.74, 6) is -6.51. The number of aromatic hydroxyl groups is 1. The van der Waals surface area contributed by atoms with Gasteiger partial charge in [0, 0.05) is 29.0 Å². The topological polar surface area (TPSA) is 227 Å². The SMILES string of the molecule is COC(=O)Cc1c(OC2CC(O)C(O)C(C)O2)cc2cc3c(c(O)c2c1C)C(=O)[C@]1(O)C(=O)C=C(OC)C(O)C1(O)C3=O. The van der Waals surface area contributed by atoms with Crippen molar-refractivity contribution < 1.29 is 68.8 Å². The lowest BCUT2D eigenvalue weighted by molar-refractivity contribution is -0.216. The lowest BCUT2D eigenvalue weighted by Crippen LogP contribution is -2.76. The minimum Gasteiger partial charge on any atom is -0.507 e. The number of aliphatic hydroxyl groups is 5. The minimum absolute atomic E-state index is 0.0119. The molecule has 6 N–H and O–H groups in total. The third-order valence-corrected chi connectivity index (χ3v) is 8.45. The first kappa shape index (κ1) is 30.5. The van der Waals surface area contributed by atoms with E-state index < -0.39 is 87.9 Å². The maximum Gasteiger partial charge on any atom is 0.310 e. The highest BCUT2D eigenvalue weighted by molar-refractivity contribution is 6.34. The summed E-state index contributed by atoms with van der Waals surface area (Å²) in [6, 6.07) is 2.42. The Morgan fingerprint density at radius 1 is 1.09 bits per heavy atom. The number of aryl methyl sites for hydroxylation is 1. The molecule has 1 heterocycles. The Bertz CT molecular complexity index is 1600. The lowest BCUT2D eigenvalue weighted by Gasteiger charge is -2.47. The van der Waals surface area contributed by atoms with Crippen LogP contribution in [0.25, 0.3) is 10.8 Å². The molecule has 14 nitrogen and oxygen atoms in total. The van der Waals surface area contributed by atoms with E-state index >= 15 is 0 Å². The molecule has 0 amide bonds. The minimum atomic E-state index is -3.49. The van der Waals surface area contributed by atoms with E-state index in [0.29, 0.717) is 6.08 Å². The van der Waals surface area contributed by atoms with Gasteiger partial charge in [-0.1, -0.05) is 0 Å². The Labute approximate surface area is 243 Å². The number of carbonyl (C=O) groups excluding carboxylic acids is 4. The van der Waals surface area contributed by atoms with Gasteiger partial charge in [-0.25, -0.2) is 0 Å². The number of aliphatic hydroxyl groups excluding tert-OH is 3. The number of hydrogen-bond acceptors (Lipinski definition) is 14. The molecule has 0 radical (unpaired) electrons. The van der Waals surface area contributed by atoms with E-state index in [0.717, 1.165) is 20.3 Å². The number of fused-ring (bicyclic) bond motifs is 3. The average molecular weight is 603 g/mol. The normalized spacial score (nSPS) is 32.2. The van der Waals surface area contributed by atoms with E-state index in [1.54, 1.807) is 0 Å². The van der Waals surface area contributed by atoms with E-state index in [2.05, 4.69) is 0 Å². The number of carbonyl (C=O) groups is 4. The highest BCUT2D eigenvalue weighted by atomic mass is 16.7. The first-order chi connectivity index (χ1) is 20.1. The predicted octanol–water partition coefficient (Wildman–Crippen LogP) is -0.880. The summed E-state index contributed by atoms with van der Waals surface area (Å²) in [5.41, 5.74) is -7.91. The highest BCUT2D eigenvalue weighted by Crippen LogP contribution is 2.49. The van der Waals surface area contributed by atoms with Crippen LogP contribution in [0.2, 0.25) is 0 Å². The number of phenolic OH excluding ortho intramolecular Hbond substituents is 1. The maximum absolute atomic E-state index is 13.7. The van der Waals surface area contributed by atoms with E-state index in [-0.39, 0.29) is 40.5 Å². The van der Waals surface area contributed by atoms with Gasteiger partial charge in [0.2, 0.25) is 34.8 Å². The van der Waals surface area contributed by atoms with Crippen LogP contribution in [0.5, 0.6) is 11.5 Å². The van der Waals surface area contributed by atoms with Gasteiger partial charge in [0.15, 0.2) is 6.10 Å². The van der Waals surface area contributed by atoms with Crippen molar-refractivity contribution in [2.45, 2.75) is 68.6 Å². The number of hydrogen-bond donors (Lipinski definition) is 6. The van der Waals surface area contributed by atoms with Crippen LogP contribution in [0.15, 0.2) is 24.0 Å². The average Bonchev–Trinajstić information content (AvgIpc) is 2.96. The third kappa shape index (κ3) is 4.17. The highest BCUT2D eigenvalue weighted by Gasteiger charge is 2.73. The van der Waals surface area contributed by atoms with E-state index in [1.165, 1.54) is 19.9 Å². The molecule has 5 rings (SSSR count). The number of ether oxygens (including phenoxy) is 4. The van der Waals surface area contributed by atoms with Gasteiger partial charge in [-0.3, -0.25) is 19.2 Å². The largest absolute Gasteiger partial charge is 0.507 e. The van der Waals surface area contributed by atoms with Crippen molar-refractivity contribution in [3.63, 3.8) is 0 Å². The zero-order valence-corrected chi connectivity index (χ0v) is 23.5. The van der Waals surface area contributed by atoms with Gasteiger partial charge in [0.05, 0.1) is 38.4 Å². The lowest BCUT2D eigenvalue weighted by atomic mass is 9.60. The number of phenols is 1. The molecule has 2 aromatic rings. The summed E-state index contributed by atoms with van der Waals surface area (Å²) in [6.07, 6.45) is -6.52. The fourth-order valence-corrected chi connectivity index (χ4v) is 5.99. The van der Waals surface area contributed by atoms with Gasteiger partial charge < -0.3 is 49.6 Å². The Morgan fingerprint density at radius 3 is 2.37 bits per heavy atom. The zero-order valence-electron chi connectivity index (χ0n) is 23.5. The second-order valence-electron chi connectivity index (χ2n) is 10.8. The number of Topliss-reactive ketones (excluding diaryl/α,β-unsaturated/α-hetero) is 2. The van der Waals surface area contributed by atoms with Gasteiger partial charge in [-0.05, 0) is 36.9 Å². The third-order valence-electron chi connectivity index (χ3n) is 8.45. The number of rotatable bonds is 5. The zero-order chi connectivity index (χ0) is 31.8. The van der Waals surface area contributed by atoms with Gasteiger partial charge >= 0.3 is 5.97 Å². The van der Waals surface area contributed by atoms with Crippen LogP contribution in [0.4, 0.5) is 0 Å². The second kappa shape index (κ2) is 10.4. The molecule has 0 saturated carbocycles. The summed E-state index contributed by atoms with van der Waals surface area (Å²) < 4.78 is 21.3. The van der Waals surface area contributed by atoms with E-state index in [9.17, 15) is 49.8 Å². The molecule has 6 unspecified atom stereocenters. The quantitative estimate of drug-likeness (QED) is 0.181. The Hall–Kier alpha value is -3.92. The van der Waals surface area contributed by atoms with Crippen LogP contribution in [0.3, 0.4) is 0 Å². The van der Waals surface area contributed by atoms with Crippen molar-refractivity contribution >= 4 is 34.1 Å². The van der Waals surface area contributed by atoms with Crippen molar-refractivity contribution in [1.82, 2.24) is 0 Å². The molecule has 1 aliphatic heterocycles. The van der Waals surface area contributed by atoms with Crippen LogP contribution in [-0.2, 0) is 30.2 Å². The van der Waals surface area contributed by atoms with E-state index in [1.807, 2.05) is 0 Å². The van der Waals surface area contributed by atoms with Crippen LogP contribution in [0, 0.1) is 6.92 Å². The first-order valence-corrected chi connectivity index (χ1v) is 13.2. The van der Waals surface area contributed by atoms with E-state index in [4.69, 9.17) is 18.9 Å². The Morgan fingerprint density at radius 2 is 1.77 bits per heavy atom. The van der Waals surface area contributed by atoms with Gasteiger partial charge in [-0.2, -0.15) is 0 Å². The molecule has 2 aliphatic carbocycles. The molecule has 2 aromatic carbocycles. The summed E-state index contributed by atoms with van der Waals surface area (Å²) in [5, 5.41) is 65.1. The number of methoxy groups -OCH3 is 2. The molecule has 0 bridgehead atoms. The summed E-state index contributed by atoms with van der Waals surface area (Å²) in [7, 11) is 2.20. The molecule has 230 valence electrons. The number of ketones is 3. The Kier molecular flexibility index (Phi) is 7.36. The molecule has 1 saturated heterocycles. The molecular weight excluding hydrogens is 572 g/mol. The molecule has 14 heteroatoms. The molecule has 43 heavy (non-hydrogen) atoms. The fourth-order valence-electron chi connectivity index (χ4n) is 5.99. The molecule has 0 spiro atoms. The van der Waals surface area contributed by atoms with Crippen molar-refractivity contribution in [1.29, 1.82) is 0 Å². The Balaban J connectivity index is 1.73. The summed E-state index contributed by atoms with van der Waals surface area (Å²) in [6.45, 7) is 3.00. The molecular formula is C29H30O14. The van der Waals surface area contributed by atoms with Crippen molar-refractivity contribution in [2.75, 3.05) is 14.2 Å². The van der Waals surface area contributed by atoms with Crippen molar-refractivity contribution in [3.8, 4) is 11.5 Å². The molecule has 7 atom stereocenters. The summed E-state index contributed by atoms with van der Waals surface area (Å²) >= 11 is 0. The van der Waals surface area contributed by atoms with Crippen molar-refractivity contribution in [2.24, 2.45) is 0 Å².